The molecule has 1 aliphatic heterocycles. The fraction of sp³-hybridized carbons (Fsp3) is 0.455. The Kier molecular flexibility index (Phi) is 3.85. The maximum absolute atomic E-state index is 11.5. The van der Waals surface area contributed by atoms with Crippen molar-refractivity contribution in [2.75, 3.05) is 16.8 Å². The molecule has 0 spiro atoms. The Morgan fingerprint density at radius 3 is 2.65 bits per heavy atom. The Balaban J connectivity index is 2.08. The van der Waals surface area contributed by atoms with Crippen LogP contribution in [0.4, 0.5) is 5.69 Å². The zero-order valence-electron chi connectivity index (χ0n) is 9.12. The van der Waals surface area contributed by atoms with Crippen molar-refractivity contribution < 1.29 is 8.42 Å². The van der Waals surface area contributed by atoms with Gasteiger partial charge in [0.2, 0.25) is 0 Å². The molecule has 1 saturated heterocycles. The van der Waals surface area contributed by atoms with Gasteiger partial charge in [0, 0.05) is 11.7 Å². The molecule has 1 N–H and O–H groups in total. The van der Waals surface area contributed by atoms with Gasteiger partial charge in [-0.1, -0.05) is 23.2 Å². The molecule has 1 aromatic rings. The molecular formula is C11H13Cl2NO2S. The summed E-state index contributed by atoms with van der Waals surface area (Å²) >= 11 is 11.7. The van der Waals surface area contributed by atoms with Gasteiger partial charge in [0.1, 0.15) is 0 Å². The van der Waals surface area contributed by atoms with E-state index in [1.807, 2.05) is 0 Å². The zero-order chi connectivity index (χ0) is 12.5. The minimum absolute atomic E-state index is 0.0361. The average Bonchev–Trinajstić information content (AvgIpc) is 2.22. The second-order valence-electron chi connectivity index (χ2n) is 4.23. The first-order chi connectivity index (χ1) is 7.96. The second-order valence-corrected chi connectivity index (χ2v) is 7.27. The summed E-state index contributed by atoms with van der Waals surface area (Å²) in [5, 5.41) is 4.14. The third kappa shape index (κ3) is 3.50. The summed E-state index contributed by atoms with van der Waals surface area (Å²) in [5.74, 6) is 0.486. The number of nitrogens with one attached hydrogen (secondary N) is 1. The molecule has 1 aromatic carbocycles. The van der Waals surface area contributed by atoms with E-state index in [1.54, 1.807) is 18.2 Å². The highest BCUT2D eigenvalue weighted by Gasteiger charge is 2.24. The molecule has 94 valence electrons. The van der Waals surface area contributed by atoms with E-state index in [9.17, 15) is 8.42 Å². The molecule has 0 aliphatic carbocycles. The maximum atomic E-state index is 11.5. The van der Waals surface area contributed by atoms with E-state index in [4.69, 9.17) is 23.2 Å². The van der Waals surface area contributed by atoms with E-state index in [2.05, 4.69) is 5.32 Å². The van der Waals surface area contributed by atoms with Crippen LogP contribution in [0.5, 0.6) is 0 Å². The molecule has 0 aromatic heterocycles. The van der Waals surface area contributed by atoms with Gasteiger partial charge in [-0.2, -0.15) is 0 Å². The van der Waals surface area contributed by atoms with Gasteiger partial charge in [0.25, 0.3) is 0 Å². The van der Waals surface area contributed by atoms with Crippen molar-refractivity contribution in [3.05, 3.63) is 28.2 Å². The molecule has 0 saturated carbocycles. The van der Waals surface area contributed by atoms with Crippen molar-refractivity contribution >= 4 is 38.7 Å². The Morgan fingerprint density at radius 1 is 1.24 bits per heavy atom. The summed E-state index contributed by atoms with van der Waals surface area (Å²) < 4.78 is 23.0. The fourth-order valence-corrected chi connectivity index (χ4v) is 3.89. The van der Waals surface area contributed by atoms with Crippen LogP contribution in [-0.2, 0) is 9.84 Å². The molecule has 2 rings (SSSR count). The largest absolute Gasteiger partial charge is 0.381 e. The van der Waals surface area contributed by atoms with Gasteiger partial charge in [0.05, 0.1) is 21.6 Å². The number of halogens is 2. The molecule has 0 radical (unpaired) electrons. The predicted octanol–water partition coefficient (Wildman–Crippen LogP) is 2.98. The van der Waals surface area contributed by atoms with Crippen LogP contribution in [0.3, 0.4) is 0 Å². The standard InChI is InChI=1S/C11H13Cl2NO2S/c12-10-4-3-8(6-11(10)13)14-9-2-1-5-17(15,16)7-9/h3-4,6,9,14H,1-2,5,7H2. The predicted molar refractivity (Wildman–Crippen MR) is 71.8 cm³/mol. The summed E-state index contributed by atoms with van der Waals surface area (Å²) in [6.07, 6.45) is 1.57. The summed E-state index contributed by atoms with van der Waals surface area (Å²) in [7, 11) is -2.89. The lowest BCUT2D eigenvalue weighted by molar-refractivity contribution is 0.562. The molecule has 6 heteroatoms. The Bertz CT molecular complexity index is 516. The van der Waals surface area contributed by atoms with Crippen LogP contribution in [0.25, 0.3) is 0 Å². The third-order valence-electron chi connectivity index (χ3n) is 2.75. The summed E-state index contributed by atoms with van der Waals surface area (Å²) in [5.41, 5.74) is 0.807. The van der Waals surface area contributed by atoms with Gasteiger partial charge in [-0.05, 0) is 31.0 Å². The van der Waals surface area contributed by atoms with E-state index in [0.717, 1.165) is 12.1 Å². The van der Waals surface area contributed by atoms with Crippen LogP contribution < -0.4 is 5.32 Å². The van der Waals surface area contributed by atoms with Crippen LogP contribution in [0.2, 0.25) is 10.0 Å². The SMILES string of the molecule is O=S1(=O)CCCC(Nc2ccc(Cl)c(Cl)c2)C1. The number of hydrogen-bond acceptors (Lipinski definition) is 3. The quantitative estimate of drug-likeness (QED) is 0.912. The van der Waals surface area contributed by atoms with Crippen LogP contribution >= 0.6 is 23.2 Å². The maximum Gasteiger partial charge on any atom is 0.152 e. The van der Waals surface area contributed by atoms with Crippen molar-refractivity contribution in [1.29, 1.82) is 0 Å². The van der Waals surface area contributed by atoms with E-state index in [0.29, 0.717) is 22.2 Å². The minimum Gasteiger partial charge on any atom is -0.381 e. The highest BCUT2D eigenvalue weighted by molar-refractivity contribution is 7.91. The van der Waals surface area contributed by atoms with Crippen molar-refractivity contribution in [1.82, 2.24) is 0 Å². The number of benzene rings is 1. The van der Waals surface area contributed by atoms with Gasteiger partial charge in [0.15, 0.2) is 9.84 Å². The van der Waals surface area contributed by atoms with Crippen LogP contribution in [0, 0.1) is 0 Å². The van der Waals surface area contributed by atoms with Gasteiger partial charge in [-0.15, -0.1) is 0 Å². The molecule has 0 bridgehead atoms. The first-order valence-electron chi connectivity index (χ1n) is 5.38. The summed E-state index contributed by atoms with van der Waals surface area (Å²) in [6.45, 7) is 0. The second kappa shape index (κ2) is 5.04. The third-order valence-corrected chi connectivity index (χ3v) is 5.31. The van der Waals surface area contributed by atoms with E-state index < -0.39 is 9.84 Å². The van der Waals surface area contributed by atoms with Crippen LogP contribution in [-0.4, -0.2) is 26.0 Å². The Morgan fingerprint density at radius 2 is 2.00 bits per heavy atom. The van der Waals surface area contributed by atoms with Crippen molar-refractivity contribution in [3.8, 4) is 0 Å². The summed E-state index contributed by atoms with van der Waals surface area (Å²) in [4.78, 5) is 0. The van der Waals surface area contributed by atoms with E-state index >= 15 is 0 Å². The van der Waals surface area contributed by atoms with Crippen molar-refractivity contribution in [2.45, 2.75) is 18.9 Å². The topological polar surface area (TPSA) is 46.2 Å². The molecule has 1 heterocycles. The highest BCUT2D eigenvalue weighted by atomic mass is 35.5. The van der Waals surface area contributed by atoms with E-state index in [1.165, 1.54) is 0 Å². The Labute approximate surface area is 111 Å². The van der Waals surface area contributed by atoms with Gasteiger partial charge in [-0.3, -0.25) is 0 Å². The van der Waals surface area contributed by atoms with Gasteiger partial charge < -0.3 is 5.32 Å². The number of hydrogen-bond donors (Lipinski definition) is 1. The summed E-state index contributed by atoms with van der Waals surface area (Å²) in [6, 6.07) is 5.18. The van der Waals surface area contributed by atoms with E-state index in [-0.39, 0.29) is 11.8 Å². The smallest absolute Gasteiger partial charge is 0.152 e. The molecule has 17 heavy (non-hydrogen) atoms. The average molecular weight is 294 g/mol. The van der Waals surface area contributed by atoms with Crippen molar-refractivity contribution in [2.24, 2.45) is 0 Å². The zero-order valence-corrected chi connectivity index (χ0v) is 11.4. The molecule has 1 fully saturated rings. The molecule has 3 nitrogen and oxygen atoms in total. The molecular weight excluding hydrogens is 281 g/mol. The number of anilines is 1. The fourth-order valence-electron chi connectivity index (χ4n) is 1.96. The minimum atomic E-state index is -2.89. The number of sulfone groups is 1. The molecule has 1 unspecified atom stereocenters. The molecule has 1 aliphatic rings. The first-order valence-corrected chi connectivity index (χ1v) is 7.96. The lowest BCUT2D eigenvalue weighted by Crippen LogP contribution is -2.34. The highest BCUT2D eigenvalue weighted by Crippen LogP contribution is 2.26. The normalized spacial score (nSPS) is 23.3. The van der Waals surface area contributed by atoms with Crippen LogP contribution in [0.15, 0.2) is 18.2 Å². The molecule has 1 atom stereocenters. The van der Waals surface area contributed by atoms with Gasteiger partial charge >= 0.3 is 0 Å². The first kappa shape index (κ1) is 13.0. The lowest BCUT2D eigenvalue weighted by Gasteiger charge is -2.24. The van der Waals surface area contributed by atoms with Crippen LogP contribution in [0.1, 0.15) is 12.8 Å². The molecule has 0 amide bonds. The van der Waals surface area contributed by atoms with Crippen molar-refractivity contribution in [3.63, 3.8) is 0 Å². The van der Waals surface area contributed by atoms with Gasteiger partial charge in [-0.25, -0.2) is 8.42 Å². The Hall–Kier alpha value is -0.450. The number of rotatable bonds is 2. The monoisotopic (exact) mass is 293 g/mol. The lowest BCUT2D eigenvalue weighted by atomic mass is 10.1.